The van der Waals surface area contributed by atoms with Gasteiger partial charge in [0.15, 0.2) is 6.61 Å². The van der Waals surface area contributed by atoms with Crippen LogP contribution in [0.3, 0.4) is 0 Å². The first-order valence-electron chi connectivity index (χ1n) is 10.8. The first-order valence-corrected chi connectivity index (χ1v) is 11.2. The van der Waals surface area contributed by atoms with Gasteiger partial charge < -0.3 is 14.8 Å². The van der Waals surface area contributed by atoms with E-state index in [1.165, 1.54) is 61.7 Å². The van der Waals surface area contributed by atoms with Crippen LogP contribution in [0.2, 0.25) is 5.02 Å². The number of hydrogen-bond donors (Lipinski definition) is 2. The van der Waals surface area contributed by atoms with Crippen LogP contribution in [0, 0.1) is 5.82 Å². The van der Waals surface area contributed by atoms with Crippen LogP contribution in [0.25, 0.3) is 6.08 Å². The van der Waals surface area contributed by atoms with Crippen LogP contribution in [0.1, 0.15) is 5.56 Å². The predicted molar refractivity (Wildman–Crippen MR) is 134 cm³/mol. The van der Waals surface area contributed by atoms with E-state index < -0.39 is 36.2 Å². The van der Waals surface area contributed by atoms with Crippen molar-refractivity contribution in [3.8, 4) is 11.5 Å². The molecule has 0 unspecified atom stereocenters. The molecule has 5 amide bonds. The van der Waals surface area contributed by atoms with Crippen LogP contribution in [-0.4, -0.2) is 37.5 Å². The third-order valence-electron chi connectivity index (χ3n) is 5.21. The van der Waals surface area contributed by atoms with Crippen molar-refractivity contribution in [3.63, 3.8) is 0 Å². The number of anilines is 2. The molecule has 11 heteroatoms. The standard InChI is InChI=1S/C26H19ClFN3O6/c1-36-18-9-7-17(8-10-18)31-25(34)19(24(33)30-26(31)35)13-15-12-16(27)6-11-22(15)37-14-23(32)29-21-5-3-2-4-20(21)28/h2-13H,14H2,1H3,(H,29,32)(H,30,33,35)/b19-13+. The van der Waals surface area contributed by atoms with Gasteiger partial charge in [0.1, 0.15) is 22.9 Å². The van der Waals surface area contributed by atoms with Gasteiger partial charge in [-0.1, -0.05) is 23.7 Å². The number of ether oxygens (including phenoxy) is 2. The predicted octanol–water partition coefficient (Wildman–Crippen LogP) is 4.17. The maximum Gasteiger partial charge on any atom is 0.335 e. The zero-order valence-electron chi connectivity index (χ0n) is 19.3. The molecule has 0 radical (unpaired) electrons. The van der Waals surface area contributed by atoms with Gasteiger partial charge in [0.2, 0.25) is 0 Å². The van der Waals surface area contributed by atoms with Gasteiger partial charge in [-0.05, 0) is 60.7 Å². The molecule has 3 aromatic carbocycles. The molecule has 4 rings (SSSR count). The molecule has 0 aromatic heterocycles. The number of amides is 5. The van der Waals surface area contributed by atoms with E-state index in [9.17, 15) is 23.6 Å². The highest BCUT2D eigenvalue weighted by atomic mass is 35.5. The van der Waals surface area contributed by atoms with Crippen LogP contribution >= 0.6 is 11.6 Å². The highest BCUT2D eigenvalue weighted by Crippen LogP contribution is 2.28. The number of hydrogen-bond acceptors (Lipinski definition) is 6. The molecule has 188 valence electrons. The number of halogens is 2. The first-order chi connectivity index (χ1) is 17.8. The molecule has 1 aliphatic heterocycles. The maximum absolute atomic E-state index is 13.8. The van der Waals surface area contributed by atoms with Gasteiger partial charge in [-0.15, -0.1) is 0 Å². The Morgan fingerprint density at radius 3 is 2.51 bits per heavy atom. The smallest absolute Gasteiger partial charge is 0.335 e. The molecule has 2 N–H and O–H groups in total. The number of nitrogens with zero attached hydrogens (tertiary/aromatic N) is 1. The van der Waals surface area contributed by atoms with Crippen molar-refractivity contribution in [1.82, 2.24) is 5.32 Å². The second kappa shape index (κ2) is 10.9. The summed E-state index contributed by atoms with van der Waals surface area (Å²) in [6, 6.07) is 15.2. The molecule has 9 nitrogen and oxygen atoms in total. The van der Waals surface area contributed by atoms with Crippen LogP contribution < -0.4 is 25.0 Å². The molecular formula is C26H19ClFN3O6. The molecule has 1 saturated heterocycles. The number of benzene rings is 3. The van der Waals surface area contributed by atoms with Gasteiger partial charge >= 0.3 is 6.03 Å². The van der Waals surface area contributed by atoms with Crippen molar-refractivity contribution >= 4 is 52.8 Å². The van der Waals surface area contributed by atoms with E-state index in [4.69, 9.17) is 21.1 Å². The third-order valence-corrected chi connectivity index (χ3v) is 5.45. The average Bonchev–Trinajstić information content (AvgIpc) is 2.87. The minimum absolute atomic E-state index is 0.0117. The summed E-state index contributed by atoms with van der Waals surface area (Å²) in [5.74, 6) is -2.40. The number of urea groups is 1. The average molecular weight is 524 g/mol. The summed E-state index contributed by atoms with van der Waals surface area (Å²) in [4.78, 5) is 51.2. The van der Waals surface area contributed by atoms with E-state index in [0.29, 0.717) is 5.75 Å². The SMILES string of the molecule is COc1ccc(N2C(=O)NC(=O)/C(=C\c3cc(Cl)ccc3OCC(=O)Nc3ccccc3F)C2=O)cc1. The van der Waals surface area contributed by atoms with Gasteiger partial charge in [-0.25, -0.2) is 14.1 Å². The lowest BCUT2D eigenvalue weighted by atomic mass is 10.1. The minimum Gasteiger partial charge on any atom is -0.497 e. The van der Waals surface area contributed by atoms with Crippen molar-refractivity contribution in [1.29, 1.82) is 0 Å². The number of carbonyl (C=O) groups is 4. The van der Waals surface area contributed by atoms with E-state index in [1.807, 2.05) is 0 Å². The highest BCUT2D eigenvalue weighted by molar-refractivity contribution is 6.39. The summed E-state index contributed by atoms with van der Waals surface area (Å²) >= 11 is 6.10. The highest BCUT2D eigenvalue weighted by Gasteiger charge is 2.37. The second-order valence-electron chi connectivity index (χ2n) is 7.65. The van der Waals surface area contributed by atoms with Gasteiger partial charge in [0.25, 0.3) is 17.7 Å². The monoisotopic (exact) mass is 523 g/mol. The second-order valence-corrected chi connectivity index (χ2v) is 8.09. The Labute approximate surface area is 215 Å². The molecule has 3 aromatic rings. The molecular weight excluding hydrogens is 505 g/mol. The summed E-state index contributed by atoms with van der Waals surface area (Å²) in [7, 11) is 1.47. The van der Waals surface area contributed by atoms with E-state index in [2.05, 4.69) is 10.6 Å². The lowest BCUT2D eigenvalue weighted by molar-refractivity contribution is -0.122. The first kappa shape index (κ1) is 25.4. The Balaban J connectivity index is 1.58. The molecule has 0 bridgehead atoms. The molecule has 1 heterocycles. The summed E-state index contributed by atoms with van der Waals surface area (Å²) in [6.45, 7) is -0.497. The molecule has 0 atom stereocenters. The van der Waals surface area contributed by atoms with E-state index in [1.54, 1.807) is 18.2 Å². The lowest BCUT2D eigenvalue weighted by Crippen LogP contribution is -2.54. The number of nitrogens with one attached hydrogen (secondary N) is 2. The fraction of sp³-hybridized carbons (Fsp3) is 0.0769. The van der Waals surface area contributed by atoms with Crippen LogP contribution in [0.15, 0.2) is 72.3 Å². The van der Waals surface area contributed by atoms with Crippen molar-refractivity contribution in [3.05, 3.63) is 88.7 Å². The fourth-order valence-electron chi connectivity index (χ4n) is 3.43. The number of carbonyl (C=O) groups excluding carboxylic acids is 4. The van der Waals surface area contributed by atoms with Crippen molar-refractivity contribution in [2.24, 2.45) is 0 Å². The Morgan fingerprint density at radius 2 is 1.81 bits per heavy atom. The normalized spacial score (nSPS) is 14.4. The lowest BCUT2D eigenvalue weighted by Gasteiger charge is -2.26. The maximum atomic E-state index is 13.8. The van der Waals surface area contributed by atoms with Crippen LogP contribution in [0.5, 0.6) is 11.5 Å². The van der Waals surface area contributed by atoms with Gasteiger partial charge in [0.05, 0.1) is 18.5 Å². The minimum atomic E-state index is -0.914. The largest absolute Gasteiger partial charge is 0.497 e. The molecule has 37 heavy (non-hydrogen) atoms. The number of imide groups is 2. The van der Waals surface area contributed by atoms with E-state index in [-0.39, 0.29) is 33.3 Å². The third kappa shape index (κ3) is 5.76. The molecule has 1 fully saturated rings. The van der Waals surface area contributed by atoms with Crippen molar-refractivity contribution in [2.45, 2.75) is 0 Å². The summed E-state index contributed by atoms with van der Waals surface area (Å²) < 4.78 is 24.4. The Bertz CT molecular complexity index is 1420. The Morgan fingerprint density at radius 1 is 1.08 bits per heavy atom. The summed E-state index contributed by atoms with van der Waals surface area (Å²) in [6.07, 6.45) is 1.20. The van der Waals surface area contributed by atoms with Gasteiger partial charge in [-0.2, -0.15) is 0 Å². The number of rotatable bonds is 7. The van der Waals surface area contributed by atoms with Crippen molar-refractivity contribution in [2.75, 3.05) is 23.9 Å². The van der Waals surface area contributed by atoms with Crippen LogP contribution in [0.4, 0.5) is 20.6 Å². The Hall–Kier alpha value is -4.70. The van der Waals surface area contributed by atoms with Crippen molar-refractivity contribution < 1.29 is 33.0 Å². The Kier molecular flexibility index (Phi) is 7.49. The number of methoxy groups -OCH3 is 1. The summed E-state index contributed by atoms with van der Waals surface area (Å²) in [5.41, 5.74) is 0.0449. The van der Waals surface area contributed by atoms with E-state index in [0.717, 1.165) is 4.90 Å². The van der Waals surface area contributed by atoms with E-state index >= 15 is 0 Å². The summed E-state index contributed by atoms with van der Waals surface area (Å²) in [5, 5.41) is 4.79. The number of barbiturate groups is 1. The molecule has 0 spiro atoms. The molecule has 1 aliphatic rings. The van der Waals surface area contributed by atoms with Gasteiger partial charge in [0, 0.05) is 10.6 Å². The zero-order chi connectivity index (χ0) is 26.5. The van der Waals surface area contributed by atoms with Crippen LogP contribution in [-0.2, 0) is 14.4 Å². The van der Waals surface area contributed by atoms with Gasteiger partial charge in [-0.3, -0.25) is 19.7 Å². The fourth-order valence-corrected chi connectivity index (χ4v) is 3.62. The quantitative estimate of drug-likeness (QED) is 0.355. The molecule has 0 saturated carbocycles. The topological polar surface area (TPSA) is 114 Å². The zero-order valence-corrected chi connectivity index (χ0v) is 20.0. The number of para-hydroxylation sites is 1. The molecule has 0 aliphatic carbocycles.